The highest BCUT2D eigenvalue weighted by Crippen LogP contribution is 2.19. The molecule has 0 bridgehead atoms. The molecule has 0 saturated carbocycles. The Morgan fingerprint density at radius 2 is 1.67 bits per heavy atom. The predicted molar refractivity (Wildman–Crippen MR) is 97.2 cm³/mol. The zero-order valence-corrected chi connectivity index (χ0v) is 14.5. The van der Waals surface area contributed by atoms with Gasteiger partial charge in [-0.25, -0.2) is 4.39 Å². The van der Waals surface area contributed by atoms with Crippen LogP contribution in [-0.2, 0) is 9.59 Å². The molecule has 4 nitrogen and oxygen atoms in total. The zero-order chi connectivity index (χ0) is 17.5. The summed E-state index contributed by atoms with van der Waals surface area (Å²) in [4.78, 5) is 23.6. The van der Waals surface area contributed by atoms with E-state index in [1.807, 2.05) is 31.2 Å². The number of carbonyl (C=O) groups is 2. The van der Waals surface area contributed by atoms with Crippen LogP contribution >= 0.6 is 23.4 Å². The lowest BCUT2D eigenvalue weighted by Gasteiger charge is -2.07. The molecule has 0 radical (unpaired) electrons. The van der Waals surface area contributed by atoms with E-state index in [0.717, 1.165) is 23.4 Å². The molecule has 0 atom stereocenters. The second-order valence-corrected chi connectivity index (χ2v) is 6.50. The van der Waals surface area contributed by atoms with E-state index < -0.39 is 5.82 Å². The van der Waals surface area contributed by atoms with E-state index in [9.17, 15) is 14.0 Å². The molecule has 7 heteroatoms. The van der Waals surface area contributed by atoms with Crippen LogP contribution in [0.3, 0.4) is 0 Å². The Balaban J connectivity index is 1.73. The SMILES string of the molecule is Cc1ccc(NC(=O)CSCC(=O)Nc2ccc(Cl)cc2F)cc1. The van der Waals surface area contributed by atoms with Crippen LogP contribution in [0.5, 0.6) is 0 Å². The van der Waals surface area contributed by atoms with Crippen LogP contribution < -0.4 is 10.6 Å². The van der Waals surface area contributed by atoms with E-state index in [4.69, 9.17) is 11.6 Å². The third-order valence-electron chi connectivity index (χ3n) is 3.01. The Bertz CT molecular complexity index is 738. The van der Waals surface area contributed by atoms with Crippen LogP contribution in [0.25, 0.3) is 0 Å². The van der Waals surface area contributed by atoms with Crippen molar-refractivity contribution in [3.05, 3.63) is 58.9 Å². The van der Waals surface area contributed by atoms with Crippen molar-refractivity contribution in [1.82, 2.24) is 0 Å². The molecule has 126 valence electrons. The Hall–Kier alpha value is -2.05. The number of benzene rings is 2. The molecular weight excluding hydrogens is 351 g/mol. The van der Waals surface area contributed by atoms with Crippen molar-refractivity contribution in [2.45, 2.75) is 6.92 Å². The Morgan fingerprint density at radius 1 is 1.04 bits per heavy atom. The molecule has 0 aliphatic rings. The van der Waals surface area contributed by atoms with Gasteiger partial charge in [0.2, 0.25) is 11.8 Å². The Morgan fingerprint density at radius 3 is 2.29 bits per heavy atom. The van der Waals surface area contributed by atoms with Crippen molar-refractivity contribution in [3.63, 3.8) is 0 Å². The predicted octanol–water partition coefficient (Wildman–Crippen LogP) is 4.10. The first-order valence-electron chi connectivity index (χ1n) is 7.13. The first kappa shape index (κ1) is 18.3. The molecular formula is C17H16ClFN2O2S. The smallest absolute Gasteiger partial charge is 0.234 e. The van der Waals surface area contributed by atoms with Crippen molar-refractivity contribution in [3.8, 4) is 0 Å². The van der Waals surface area contributed by atoms with Gasteiger partial charge in [-0.05, 0) is 37.3 Å². The first-order valence-corrected chi connectivity index (χ1v) is 8.66. The minimum Gasteiger partial charge on any atom is -0.325 e. The fraction of sp³-hybridized carbons (Fsp3) is 0.176. The Labute approximate surface area is 148 Å². The molecule has 2 aromatic rings. The molecule has 0 aliphatic carbocycles. The molecule has 0 heterocycles. The summed E-state index contributed by atoms with van der Waals surface area (Å²) in [5, 5.41) is 5.44. The molecule has 0 unspecified atom stereocenters. The summed E-state index contributed by atoms with van der Waals surface area (Å²) in [6.45, 7) is 1.96. The van der Waals surface area contributed by atoms with Gasteiger partial charge in [-0.15, -0.1) is 11.8 Å². The molecule has 24 heavy (non-hydrogen) atoms. The highest BCUT2D eigenvalue weighted by molar-refractivity contribution is 8.00. The lowest BCUT2D eigenvalue weighted by atomic mass is 10.2. The van der Waals surface area contributed by atoms with Crippen molar-refractivity contribution in [2.24, 2.45) is 0 Å². The number of halogens is 2. The maximum Gasteiger partial charge on any atom is 0.234 e. The van der Waals surface area contributed by atoms with Crippen molar-refractivity contribution in [1.29, 1.82) is 0 Å². The van der Waals surface area contributed by atoms with Gasteiger partial charge in [0.25, 0.3) is 0 Å². The van der Waals surface area contributed by atoms with Gasteiger partial charge in [0.05, 0.1) is 17.2 Å². The fourth-order valence-corrected chi connectivity index (χ4v) is 2.62. The van der Waals surface area contributed by atoms with Crippen LogP contribution in [0, 0.1) is 12.7 Å². The van der Waals surface area contributed by atoms with E-state index in [1.165, 1.54) is 12.1 Å². The zero-order valence-electron chi connectivity index (χ0n) is 12.9. The third-order valence-corrected chi connectivity index (χ3v) is 4.17. The lowest BCUT2D eigenvalue weighted by Crippen LogP contribution is -2.18. The summed E-state index contributed by atoms with van der Waals surface area (Å²) in [5.41, 5.74) is 1.88. The summed E-state index contributed by atoms with van der Waals surface area (Å²) < 4.78 is 13.6. The summed E-state index contributed by atoms with van der Waals surface area (Å²) >= 11 is 6.79. The minimum absolute atomic E-state index is 0.0450. The number of anilines is 2. The quantitative estimate of drug-likeness (QED) is 0.809. The monoisotopic (exact) mass is 366 g/mol. The van der Waals surface area contributed by atoms with E-state index >= 15 is 0 Å². The number of hydrogen-bond acceptors (Lipinski definition) is 3. The van der Waals surface area contributed by atoms with Gasteiger partial charge in [-0.3, -0.25) is 9.59 Å². The molecule has 2 N–H and O–H groups in total. The van der Waals surface area contributed by atoms with Crippen LogP contribution in [0.4, 0.5) is 15.8 Å². The number of rotatable bonds is 6. The van der Waals surface area contributed by atoms with Crippen molar-refractivity contribution < 1.29 is 14.0 Å². The number of aryl methyl sites for hydroxylation is 1. The molecule has 0 saturated heterocycles. The first-order chi connectivity index (χ1) is 11.4. The van der Waals surface area contributed by atoms with Gasteiger partial charge >= 0.3 is 0 Å². The largest absolute Gasteiger partial charge is 0.325 e. The molecule has 0 spiro atoms. The summed E-state index contributed by atoms with van der Waals surface area (Å²) in [5.74, 6) is -1.01. The molecule has 2 rings (SSSR count). The average molecular weight is 367 g/mol. The van der Waals surface area contributed by atoms with Gasteiger partial charge in [-0.2, -0.15) is 0 Å². The van der Waals surface area contributed by atoms with Gasteiger partial charge < -0.3 is 10.6 Å². The number of amides is 2. The number of thioether (sulfide) groups is 1. The molecule has 2 amide bonds. The highest BCUT2D eigenvalue weighted by Gasteiger charge is 2.09. The summed E-state index contributed by atoms with van der Waals surface area (Å²) in [7, 11) is 0. The van der Waals surface area contributed by atoms with Crippen molar-refractivity contribution in [2.75, 3.05) is 22.1 Å². The molecule has 0 aliphatic heterocycles. The van der Waals surface area contributed by atoms with Crippen LogP contribution in [0.2, 0.25) is 5.02 Å². The lowest BCUT2D eigenvalue weighted by molar-refractivity contribution is -0.114. The summed E-state index contributed by atoms with van der Waals surface area (Å²) in [6, 6.07) is 11.4. The van der Waals surface area contributed by atoms with Crippen LogP contribution in [0.15, 0.2) is 42.5 Å². The second-order valence-electron chi connectivity index (χ2n) is 5.08. The number of nitrogens with one attached hydrogen (secondary N) is 2. The van der Waals surface area contributed by atoms with Crippen LogP contribution in [0.1, 0.15) is 5.56 Å². The van der Waals surface area contributed by atoms with Gasteiger partial charge in [0.15, 0.2) is 0 Å². The van der Waals surface area contributed by atoms with Gasteiger partial charge in [-0.1, -0.05) is 29.3 Å². The third kappa shape index (κ3) is 5.86. The normalized spacial score (nSPS) is 10.3. The van der Waals surface area contributed by atoms with Crippen LogP contribution in [-0.4, -0.2) is 23.3 Å². The average Bonchev–Trinajstić information content (AvgIpc) is 2.52. The highest BCUT2D eigenvalue weighted by atomic mass is 35.5. The number of hydrogen-bond donors (Lipinski definition) is 2. The minimum atomic E-state index is -0.599. The number of carbonyl (C=O) groups excluding carboxylic acids is 2. The molecule has 0 fully saturated rings. The maximum atomic E-state index is 13.6. The molecule has 2 aromatic carbocycles. The maximum absolute atomic E-state index is 13.6. The van der Waals surface area contributed by atoms with E-state index in [1.54, 1.807) is 0 Å². The second kappa shape index (κ2) is 8.70. The van der Waals surface area contributed by atoms with Gasteiger partial charge in [0.1, 0.15) is 5.82 Å². The fourth-order valence-electron chi connectivity index (χ4n) is 1.85. The van der Waals surface area contributed by atoms with Gasteiger partial charge in [0, 0.05) is 10.7 Å². The topological polar surface area (TPSA) is 58.2 Å². The summed E-state index contributed by atoms with van der Waals surface area (Å²) in [6.07, 6.45) is 0. The van der Waals surface area contributed by atoms with E-state index in [2.05, 4.69) is 10.6 Å². The van der Waals surface area contributed by atoms with E-state index in [0.29, 0.717) is 5.69 Å². The van der Waals surface area contributed by atoms with E-state index in [-0.39, 0.29) is 34.0 Å². The molecule has 0 aromatic heterocycles. The van der Waals surface area contributed by atoms with Crippen molar-refractivity contribution >= 4 is 46.6 Å². The Kier molecular flexibility index (Phi) is 6.63. The standard InChI is InChI=1S/C17H16ClFN2O2S/c1-11-2-5-13(6-3-11)20-16(22)9-24-10-17(23)21-15-7-4-12(18)8-14(15)19/h2-8H,9-10H2,1H3,(H,20,22)(H,21,23).